The first-order valence-corrected chi connectivity index (χ1v) is 9.47. The van der Waals surface area contributed by atoms with Gasteiger partial charge in [0.15, 0.2) is 0 Å². The average Bonchev–Trinajstić information content (AvgIpc) is 2.72. The van der Waals surface area contributed by atoms with Crippen molar-refractivity contribution < 1.29 is 19.1 Å². The van der Waals surface area contributed by atoms with Crippen LogP contribution in [0.5, 0.6) is 0 Å². The van der Waals surface area contributed by atoms with Crippen molar-refractivity contribution in [2.75, 3.05) is 6.54 Å². The summed E-state index contributed by atoms with van der Waals surface area (Å²) in [6.45, 7) is 4.18. The van der Waals surface area contributed by atoms with Gasteiger partial charge in [-0.2, -0.15) is 0 Å². The number of hydrogen-bond donors (Lipinski definition) is 2. The molecule has 146 valence electrons. The zero-order chi connectivity index (χ0) is 20.1. The van der Waals surface area contributed by atoms with Crippen molar-refractivity contribution in [1.82, 2.24) is 10.6 Å². The van der Waals surface area contributed by atoms with E-state index in [9.17, 15) is 14.4 Å². The Bertz CT molecular complexity index is 879. The fourth-order valence-corrected chi connectivity index (χ4v) is 3.14. The number of amides is 2. The van der Waals surface area contributed by atoms with Crippen molar-refractivity contribution in [3.05, 3.63) is 70.8 Å². The normalized spacial score (nSPS) is 16.5. The summed E-state index contributed by atoms with van der Waals surface area (Å²) in [5, 5.41) is 5.45. The van der Waals surface area contributed by atoms with Crippen LogP contribution in [0.3, 0.4) is 0 Å². The minimum Gasteiger partial charge on any atom is -0.454 e. The lowest BCUT2D eigenvalue weighted by Crippen LogP contribution is -2.45. The lowest BCUT2D eigenvalue weighted by atomic mass is 9.93. The average molecular weight is 380 g/mol. The molecule has 2 aromatic carbocycles. The van der Waals surface area contributed by atoms with Crippen molar-refractivity contribution in [1.29, 1.82) is 0 Å². The number of hydrogen-bond acceptors (Lipinski definition) is 4. The first-order valence-electron chi connectivity index (χ1n) is 9.47. The highest BCUT2D eigenvalue weighted by atomic mass is 16.5. The van der Waals surface area contributed by atoms with Crippen LogP contribution in [0.25, 0.3) is 0 Å². The molecule has 1 heterocycles. The van der Waals surface area contributed by atoms with Gasteiger partial charge in [0, 0.05) is 18.5 Å². The number of carbonyl (C=O) groups excluding carboxylic acids is 3. The molecule has 1 aliphatic heterocycles. The third-order valence-corrected chi connectivity index (χ3v) is 4.70. The number of fused-ring (bicyclic) bond motifs is 1. The Morgan fingerprint density at radius 3 is 2.64 bits per heavy atom. The van der Waals surface area contributed by atoms with E-state index < -0.39 is 12.0 Å². The van der Waals surface area contributed by atoms with Gasteiger partial charge in [-0.15, -0.1) is 0 Å². The van der Waals surface area contributed by atoms with Crippen molar-refractivity contribution in [3.63, 3.8) is 0 Å². The van der Waals surface area contributed by atoms with E-state index >= 15 is 0 Å². The van der Waals surface area contributed by atoms with Crippen LogP contribution < -0.4 is 10.6 Å². The molecule has 28 heavy (non-hydrogen) atoms. The summed E-state index contributed by atoms with van der Waals surface area (Å²) in [7, 11) is 0. The second kappa shape index (κ2) is 8.69. The van der Waals surface area contributed by atoms with Crippen LogP contribution in [0.15, 0.2) is 48.5 Å². The van der Waals surface area contributed by atoms with E-state index in [-0.39, 0.29) is 17.9 Å². The summed E-state index contributed by atoms with van der Waals surface area (Å²) in [5.41, 5.74) is 2.56. The van der Waals surface area contributed by atoms with Gasteiger partial charge in [0.1, 0.15) is 12.1 Å². The maximum Gasteiger partial charge on any atom is 0.339 e. The smallest absolute Gasteiger partial charge is 0.339 e. The highest BCUT2D eigenvalue weighted by Crippen LogP contribution is 2.31. The third-order valence-electron chi connectivity index (χ3n) is 4.70. The number of esters is 1. The van der Waals surface area contributed by atoms with E-state index in [0.29, 0.717) is 24.1 Å². The maximum atomic E-state index is 12.5. The molecular weight excluding hydrogens is 356 g/mol. The zero-order valence-corrected chi connectivity index (χ0v) is 16.0. The molecule has 0 radical (unpaired) electrons. The SMILES string of the molecule is CCCNC(=O)[C@@H](C)NC(=O)c1ccc2c(c1)C[C@H](c1ccccc1)OC2=O. The number of cyclic esters (lactones) is 1. The Balaban J connectivity index is 1.74. The van der Waals surface area contributed by atoms with Gasteiger partial charge in [-0.25, -0.2) is 4.79 Å². The lowest BCUT2D eigenvalue weighted by molar-refractivity contribution is -0.122. The summed E-state index contributed by atoms with van der Waals surface area (Å²) >= 11 is 0. The molecule has 0 aromatic heterocycles. The fraction of sp³-hybridized carbons (Fsp3) is 0.318. The maximum absolute atomic E-state index is 12.5. The first kappa shape index (κ1) is 19.6. The van der Waals surface area contributed by atoms with E-state index in [2.05, 4.69) is 10.6 Å². The van der Waals surface area contributed by atoms with Crippen LogP contribution >= 0.6 is 0 Å². The second-order valence-corrected chi connectivity index (χ2v) is 6.87. The van der Waals surface area contributed by atoms with Crippen molar-refractivity contribution >= 4 is 17.8 Å². The topological polar surface area (TPSA) is 84.5 Å². The highest BCUT2D eigenvalue weighted by Gasteiger charge is 2.28. The Kier molecular flexibility index (Phi) is 6.09. The molecule has 0 saturated heterocycles. The van der Waals surface area contributed by atoms with Gasteiger partial charge in [0.2, 0.25) is 5.91 Å². The Morgan fingerprint density at radius 1 is 1.18 bits per heavy atom. The molecule has 0 unspecified atom stereocenters. The van der Waals surface area contributed by atoms with Crippen molar-refractivity contribution in [2.24, 2.45) is 0 Å². The van der Waals surface area contributed by atoms with Crippen LogP contribution in [0.2, 0.25) is 0 Å². The van der Waals surface area contributed by atoms with E-state index in [1.165, 1.54) is 0 Å². The number of benzene rings is 2. The van der Waals surface area contributed by atoms with Gasteiger partial charge in [0.25, 0.3) is 5.91 Å². The lowest BCUT2D eigenvalue weighted by Gasteiger charge is -2.25. The molecule has 2 atom stereocenters. The van der Waals surface area contributed by atoms with Crippen LogP contribution in [0.4, 0.5) is 0 Å². The summed E-state index contributed by atoms with van der Waals surface area (Å²) in [6, 6.07) is 13.8. The molecule has 3 rings (SSSR count). The van der Waals surface area contributed by atoms with Gasteiger partial charge in [-0.05, 0) is 42.7 Å². The largest absolute Gasteiger partial charge is 0.454 e. The molecule has 6 heteroatoms. The molecular formula is C22H24N2O4. The van der Waals surface area contributed by atoms with E-state index in [1.54, 1.807) is 25.1 Å². The predicted octanol–water partition coefficient (Wildman–Crippen LogP) is 2.79. The van der Waals surface area contributed by atoms with Gasteiger partial charge in [-0.3, -0.25) is 9.59 Å². The molecule has 0 spiro atoms. The van der Waals surface area contributed by atoms with Gasteiger partial charge in [-0.1, -0.05) is 37.3 Å². The number of ether oxygens (including phenoxy) is 1. The molecule has 2 aromatic rings. The van der Waals surface area contributed by atoms with Crippen molar-refractivity contribution in [2.45, 2.75) is 38.8 Å². The van der Waals surface area contributed by atoms with E-state index in [4.69, 9.17) is 4.74 Å². The summed E-state index contributed by atoms with van der Waals surface area (Å²) < 4.78 is 5.54. The second-order valence-electron chi connectivity index (χ2n) is 6.87. The Morgan fingerprint density at radius 2 is 1.93 bits per heavy atom. The molecule has 0 aliphatic carbocycles. The van der Waals surface area contributed by atoms with Crippen LogP contribution in [-0.2, 0) is 16.0 Å². The third kappa shape index (κ3) is 4.39. The minimum atomic E-state index is -0.642. The molecule has 2 N–H and O–H groups in total. The van der Waals surface area contributed by atoms with Crippen LogP contribution in [-0.4, -0.2) is 30.4 Å². The van der Waals surface area contributed by atoms with Gasteiger partial charge in [0.05, 0.1) is 5.56 Å². The fourth-order valence-electron chi connectivity index (χ4n) is 3.14. The Labute approximate surface area is 164 Å². The van der Waals surface area contributed by atoms with Gasteiger partial charge >= 0.3 is 5.97 Å². The Hall–Kier alpha value is -3.15. The molecule has 2 amide bonds. The molecule has 0 bridgehead atoms. The molecule has 0 saturated carbocycles. The van der Waals surface area contributed by atoms with Crippen LogP contribution in [0, 0.1) is 0 Å². The summed E-state index contributed by atoms with van der Waals surface area (Å²) in [6.07, 6.45) is 0.951. The minimum absolute atomic E-state index is 0.221. The van der Waals surface area contributed by atoms with E-state index in [1.807, 2.05) is 37.3 Å². The first-order chi connectivity index (χ1) is 13.5. The summed E-state index contributed by atoms with van der Waals surface area (Å²) in [5.74, 6) is -0.965. The van der Waals surface area contributed by atoms with Crippen molar-refractivity contribution in [3.8, 4) is 0 Å². The van der Waals surface area contributed by atoms with Crippen LogP contribution in [0.1, 0.15) is 58.2 Å². The molecule has 0 fully saturated rings. The standard InChI is InChI=1S/C22H24N2O4/c1-3-11-23-20(25)14(2)24-21(26)16-9-10-18-17(12-16)13-19(28-22(18)27)15-7-5-4-6-8-15/h4-10,12,14,19H,3,11,13H2,1-2H3,(H,23,25)(H,24,26)/t14-,19-/m1/s1. The number of nitrogens with one attached hydrogen (secondary N) is 2. The monoisotopic (exact) mass is 380 g/mol. The van der Waals surface area contributed by atoms with Gasteiger partial charge < -0.3 is 15.4 Å². The quantitative estimate of drug-likeness (QED) is 0.755. The zero-order valence-electron chi connectivity index (χ0n) is 16.0. The number of rotatable bonds is 6. The predicted molar refractivity (Wildman–Crippen MR) is 105 cm³/mol. The number of carbonyl (C=O) groups is 3. The summed E-state index contributed by atoms with van der Waals surface area (Å²) in [4.78, 5) is 36.8. The molecule has 1 aliphatic rings. The van der Waals surface area contributed by atoms with E-state index in [0.717, 1.165) is 17.5 Å². The highest BCUT2D eigenvalue weighted by molar-refractivity contribution is 5.99. The molecule has 6 nitrogen and oxygen atoms in total.